The fraction of sp³-hybridized carbons (Fsp3) is 0.412. The minimum Gasteiger partial charge on any atom is -0.497 e. The Morgan fingerprint density at radius 2 is 1.95 bits per heavy atom. The van der Waals surface area contributed by atoms with Crippen molar-refractivity contribution >= 4 is 5.69 Å². The molecule has 5 heteroatoms. The van der Waals surface area contributed by atoms with Gasteiger partial charge in [-0.15, -0.1) is 0 Å². The van der Waals surface area contributed by atoms with Crippen molar-refractivity contribution < 1.29 is 4.74 Å². The van der Waals surface area contributed by atoms with Crippen molar-refractivity contribution in [1.29, 1.82) is 0 Å². The van der Waals surface area contributed by atoms with E-state index in [4.69, 9.17) is 15.5 Å². The summed E-state index contributed by atoms with van der Waals surface area (Å²) in [5.74, 6) is 1.96. The van der Waals surface area contributed by atoms with Gasteiger partial charge in [0.15, 0.2) is 0 Å². The van der Waals surface area contributed by atoms with Crippen LogP contribution in [0.15, 0.2) is 30.5 Å². The first-order valence-corrected chi connectivity index (χ1v) is 7.61. The summed E-state index contributed by atoms with van der Waals surface area (Å²) in [6.45, 7) is 5.66. The summed E-state index contributed by atoms with van der Waals surface area (Å²) in [6, 6.07) is 7.91. The van der Waals surface area contributed by atoms with E-state index in [1.165, 1.54) is 0 Å². The largest absolute Gasteiger partial charge is 0.497 e. The van der Waals surface area contributed by atoms with E-state index in [2.05, 4.69) is 24.1 Å². The highest BCUT2D eigenvalue weighted by Gasteiger charge is 2.11. The first-order valence-electron chi connectivity index (χ1n) is 7.61. The van der Waals surface area contributed by atoms with Crippen molar-refractivity contribution in [2.24, 2.45) is 5.73 Å². The Kier molecular flexibility index (Phi) is 5.72. The Morgan fingerprint density at radius 1 is 1.23 bits per heavy atom. The maximum absolute atomic E-state index is 5.55. The average Bonchev–Trinajstić information content (AvgIpc) is 2.55. The van der Waals surface area contributed by atoms with Gasteiger partial charge in [-0.25, -0.2) is 9.97 Å². The lowest BCUT2D eigenvalue weighted by Gasteiger charge is -2.14. The number of methoxy groups -OCH3 is 1. The van der Waals surface area contributed by atoms with E-state index in [0.717, 1.165) is 41.5 Å². The van der Waals surface area contributed by atoms with Gasteiger partial charge in [0, 0.05) is 18.0 Å². The summed E-state index contributed by atoms with van der Waals surface area (Å²) >= 11 is 0. The number of benzene rings is 1. The third-order valence-corrected chi connectivity index (χ3v) is 3.38. The zero-order valence-electron chi connectivity index (χ0n) is 13.5. The number of aromatic nitrogens is 2. The number of nitrogens with one attached hydrogen (secondary N) is 1. The summed E-state index contributed by atoms with van der Waals surface area (Å²) in [6.07, 6.45) is 2.77. The standard InChI is InChI=1S/C17H24N4O/c1-12(2)17-20-11-15(19-10-4-9-18)16(21-17)13-5-7-14(22-3)8-6-13/h5-8,11-12,19H,4,9-10,18H2,1-3H3. The van der Waals surface area contributed by atoms with Crippen LogP contribution in [-0.4, -0.2) is 30.2 Å². The second-order valence-corrected chi connectivity index (χ2v) is 5.44. The van der Waals surface area contributed by atoms with Crippen LogP contribution in [0.5, 0.6) is 5.75 Å². The molecule has 22 heavy (non-hydrogen) atoms. The van der Waals surface area contributed by atoms with Crippen LogP contribution in [-0.2, 0) is 0 Å². The van der Waals surface area contributed by atoms with Gasteiger partial charge in [0.1, 0.15) is 11.6 Å². The molecule has 0 bridgehead atoms. The molecule has 0 saturated heterocycles. The van der Waals surface area contributed by atoms with Crippen LogP contribution in [0.2, 0.25) is 0 Å². The minimum absolute atomic E-state index is 0.287. The molecule has 1 aromatic heterocycles. The maximum Gasteiger partial charge on any atom is 0.131 e. The van der Waals surface area contributed by atoms with E-state index >= 15 is 0 Å². The van der Waals surface area contributed by atoms with Crippen LogP contribution in [0.25, 0.3) is 11.3 Å². The van der Waals surface area contributed by atoms with E-state index < -0.39 is 0 Å². The number of anilines is 1. The van der Waals surface area contributed by atoms with E-state index in [0.29, 0.717) is 6.54 Å². The van der Waals surface area contributed by atoms with Crippen molar-refractivity contribution in [3.8, 4) is 17.0 Å². The fourth-order valence-corrected chi connectivity index (χ4v) is 2.10. The van der Waals surface area contributed by atoms with Crippen molar-refractivity contribution in [2.45, 2.75) is 26.2 Å². The first-order chi connectivity index (χ1) is 10.7. The molecular formula is C17H24N4O. The van der Waals surface area contributed by atoms with Gasteiger partial charge in [-0.1, -0.05) is 13.8 Å². The molecular weight excluding hydrogens is 276 g/mol. The summed E-state index contributed by atoms with van der Waals surface area (Å²) < 4.78 is 5.21. The molecule has 0 aliphatic carbocycles. The molecule has 118 valence electrons. The second kappa shape index (κ2) is 7.75. The van der Waals surface area contributed by atoms with Crippen LogP contribution >= 0.6 is 0 Å². The zero-order valence-corrected chi connectivity index (χ0v) is 13.5. The van der Waals surface area contributed by atoms with Gasteiger partial charge in [0.25, 0.3) is 0 Å². The molecule has 0 spiro atoms. The van der Waals surface area contributed by atoms with Crippen LogP contribution < -0.4 is 15.8 Å². The molecule has 2 aromatic rings. The van der Waals surface area contributed by atoms with E-state index in [9.17, 15) is 0 Å². The highest BCUT2D eigenvalue weighted by Crippen LogP contribution is 2.28. The van der Waals surface area contributed by atoms with E-state index in [1.54, 1.807) is 7.11 Å². The molecule has 2 rings (SSSR count). The Hall–Kier alpha value is -2.14. The summed E-state index contributed by atoms with van der Waals surface area (Å²) in [7, 11) is 1.66. The predicted octanol–water partition coefficient (Wildman–Crippen LogP) is 3.04. The molecule has 0 saturated carbocycles. The van der Waals surface area contributed by atoms with Gasteiger partial charge >= 0.3 is 0 Å². The summed E-state index contributed by atoms with van der Waals surface area (Å²) in [5, 5.41) is 3.37. The molecule has 3 N–H and O–H groups in total. The molecule has 5 nitrogen and oxygen atoms in total. The highest BCUT2D eigenvalue weighted by molar-refractivity contribution is 5.74. The Morgan fingerprint density at radius 3 is 2.55 bits per heavy atom. The van der Waals surface area contributed by atoms with Gasteiger partial charge in [-0.2, -0.15) is 0 Å². The molecule has 0 atom stereocenters. The number of ether oxygens (including phenoxy) is 1. The second-order valence-electron chi connectivity index (χ2n) is 5.44. The van der Waals surface area contributed by atoms with Gasteiger partial charge in [-0.05, 0) is 37.2 Å². The third kappa shape index (κ3) is 3.95. The van der Waals surface area contributed by atoms with Crippen LogP contribution in [0, 0.1) is 0 Å². The fourth-order valence-electron chi connectivity index (χ4n) is 2.10. The Labute approximate surface area is 131 Å². The van der Waals surface area contributed by atoms with Gasteiger partial charge in [0.2, 0.25) is 0 Å². The molecule has 0 fully saturated rings. The van der Waals surface area contributed by atoms with Gasteiger partial charge in [0.05, 0.1) is 24.7 Å². The maximum atomic E-state index is 5.55. The molecule has 0 unspecified atom stereocenters. The Balaban J connectivity index is 2.36. The predicted molar refractivity (Wildman–Crippen MR) is 90.3 cm³/mol. The topological polar surface area (TPSA) is 73.1 Å². The lowest BCUT2D eigenvalue weighted by Crippen LogP contribution is -2.11. The van der Waals surface area contributed by atoms with Crippen molar-refractivity contribution in [1.82, 2.24) is 9.97 Å². The number of hydrogen-bond donors (Lipinski definition) is 2. The molecule has 0 aliphatic rings. The molecule has 0 aliphatic heterocycles. The Bertz CT molecular complexity index is 596. The highest BCUT2D eigenvalue weighted by atomic mass is 16.5. The van der Waals surface area contributed by atoms with Crippen LogP contribution in [0.4, 0.5) is 5.69 Å². The number of hydrogen-bond acceptors (Lipinski definition) is 5. The minimum atomic E-state index is 0.287. The summed E-state index contributed by atoms with van der Waals surface area (Å²) in [5.41, 5.74) is 8.44. The van der Waals surface area contributed by atoms with E-state index in [-0.39, 0.29) is 5.92 Å². The van der Waals surface area contributed by atoms with Gasteiger partial charge < -0.3 is 15.8 Å². The lowest BCUT2D eigenvalue weighted by atomic mass is 10.1. The van der Waals surface area contributed by atoms with Crippen LogP contribution in [0.1, 0.15) is 32.0 Å². The quantitative estimate of drug-likeness (QED) is 0.769. The molecule has 0 amide bonds. The SMILES string of the molecule is COc1ccc(-c2nc(C(C)C)ncc2NCCCN)cc1. The smallest absolute Gasteiger partial charge is 0.131 e. The van der Waals surface area contributed by atoms with E-state index in [1.807, 2.05) is 30.5 Å². The average molecular weight is 300 g/mol. The summed E-state index contributed by atoms with van der Waals surface area (Å²) in [4.78, 5) is 9.18. The zero-order chi connectivity index (χ0) is 15.9. The van der Waals surface area contributed by atoms with Crippen molar-refractivity contribution in [2.75, 3.05) is 25.5 Å². The number of nitrogens with zero attached hydrogens (tertiary/aromatic N) is 2. The number of nitrogens with two attached hydrogens (primary N) is 1. The third-order valence-electron chi connectivity index (χ3n) is 3.38. The van der Waals surface area contributed by atoms with Gasteiger partial charge in [-0.3, -0.25) is 0 Å². The lowest BCUT2D eigenvalue weighted by molar-refractivity contribution is 0.415. The molecule has 0 radical (unpaired) electrons. The molecule has 1 aromatic carbocycles. The van der Waals surface area contributed by atoms with Crippen molar-refractivity contribution in [3.63, 3.8) is 0 Å². The first kappa shape index (κ1) is 16.2. The molecule has 1 heterocycles. The van der Waals surface area contributed by atoms with Crippen molar-refractivity contribution in [3.05, 3.63) is 36.3 Å². The number of rotatable bonds is 7. The monoisotopic (exact) mass is 300 g/mol. The normalized spacial score (nSPS) is 10.8. The van der Waals surface area contributed by atoms with Crippen LogP contribution in [0.3, 0.4) is 0 Å².